The zero-order chi connectivity index (χ0) is 16.1. The molecule has 0 aliphatic rings. The third-order valence-corrected chi connectivity index (χ3v) is 3.05. The molecule has 0 saturated carbocycles. The van der Waals surface area contributed by atoms with Crippen molar-refractivity contribution in [1.29, 1.82) is 0 Å². The predicted molar refractivity (Wildman–Crippen MR) is 80.4 cm³/mol. The molecule has 0 saturated heterocycles. The molecule has 0 unspecified atom stereocenters. The van der Waals surface area contributed by atoms with Crippen molar-refractivity contribution in [1.82, 2.24) is 0 Å². The van der Waals surface area contributed by atoms with Crippen molar-refractivity contribution >= 4 is 17.3 Å². The van der Waals surface area contributed by atoms with E-state index in [1.165, 1.54) is 25.3 Å². The van der Waals surface area contributed by atoms with E-state index < -0.39 is 10.9 Å². The third kappa shape index (κ3) is 3.51. The molecule has 0 fully saturated rings. The lowest BCUT2D eigenvalue weighted by molar-refractivity contribution is -0.385. The van der Waals surface area contributed by atoms with Crippen LogP contribution in [-0.4, -0.2) is 23.1 Å². The minimum atomic E-state index is -0.998. The molecule has 0 bridgehead atoms. The van der Waals surface area contributed by atoms with Crippen molar-refractivity contribution in [3.63, 3.8) is 0 Å². The van der Waals surface area contributed by atoms with Crippen LogP contribution < -0.4 is 10.1 Å². The van der Waals surface area contributed by atoms with Gasteiger partial charge in [0, 0.05) is 18.3 Å². The number of hydrogen-bond acceptors (Lipinski definition) is 5. The molecule has 0 heterocycles. The van der Waals surface area contributed by atoms with Crippen LogP contribution in [0, 0.1) is 10.1 Å². The van der Waals surface area contributed by atoms with Crippen molar-refractivity contribution in [2.24, 2.45) is 0 Å². The normalized spacial score (nSPS) is 10.0. The summed E-state index contributed by atoms with van der Waals surface area (Å²) in [6.45, 7) is 0.352. The number of aromatic carboxylic acids is 1. The number of rotatable bonds is 6. The zero-order valence-corrected chi connectivity index (χ0v) is 11.8. The van der Waals surface area contributed by atoms with E-state index in [1.807, 2.05) is 0 Å². The third-order valence-electron chi connectivity index (χ3n) is 3.05. The second kappa shape index (κ2) is 6.57. The fraction of sp³-hybridized carbons (Fsp3) is 0.133. The van der Waals surface area contributed by atoms with Crippen LogP contribution in [-0.2, 0) is 6.54 Å². The highest BCUT2D eigenvalue weighted by molar-refractivity contribution is 5.87. The van der Waals surface area contributed by atoms with Gasteiger partial charge in [0.05, 0.1) is 17.6 Å². The van der Waals surface area contributed by atoms with Crippen molar-refractivity contribution in [3.05, 3.63) is 63.7 Å². The van der Waals surface area contributed by atoms with Crippen LogP contribution in [0.2, 0.25) is 0 Å². The van der Waals surface area contributed by atoms with Gasteiger partial charge in [0.1, 0.15) is 0 Å². The summed E-state index contributed by atoms with van der Waals surface area (Å²) < 4.78 is 4.93. The summed E-state index contributed by atoms with van der Waals surface area (Å²) in [5.74, 6) is -0.814. The van der Waals surface area contributed by atoms with Gasteiger partial charge in [-0.1, -0.05) is 12.1 Å². The van der Waals surface area contributed by atoms with Crippen LogP contribution >= 0.6 is 0 Å². The molecule has 2 aromatic carbocycles. The smallest absolute Gasteiger partial charge is 0.335 e. The summed E-state index contributed by atoms with van der Waals surface area (Å²) in [5.41, 5.74) is 1.37. The van der Waals surface area contributed by atoms with E-state index in [9.17, 15) is 14.9 Å². The van der Waals surface area contributed by atoms with Gasteiger partial charge in [0.15, 0.2) is 5.75 Å². The van der Waals surface area contributed by atoms with Gasteiger partial charge in [-0.05, 0) is 29.8 Å². The van der Waals surface area contributed by atoms with Gasteiger partial charge in [0.25, 0.3) is 0 Å². The Morgan fingerprint density at radius 2 is 2.09 bits per heavy atom. The van der Waals surface area contributed by atoms with Crippen molar-refractivity contribution in [2.45, 2.75) is 6.54 Å². The summed E-state index contributed by atoms with van der Waals surface area (Å²) in [4.78, 5) is 21.3. The minimum Gasteiger partial charge on any atom is -0.490 e. The highest BCUT2D eigenvalue weighted by atomic mass is 16.6. The standard InChI is InChI=1S/C15H14N2O5/c1-22-14-6-5-12(8-13(14)17(20)21)16-9-10-3-2-4-11(7-10)15(18)19/h2-8,16H,9H2,1H3,(H,18,19). The molecule has 7 nitrogen and oxygen atoms in total. The number of benzene rings is 2. The van der Waals surface area contributed by atoms with E-state index in [4.69, 9.17) is 9.84 Å². The van der Waals surface area contributed by atoms with Crippen molar-refractivity contribution in [3.8, 4) is 5.75 Å². The first kappa shape index (κ1) is 15.3. The van der Waals surface area contributed by atoms with E-state index in [2.05, 4.69) is 5.32 Å². The molecule has 0 spiro atoms. The van der Waals surface area contributed by atoms with Gasteiger partial charge in [-0.2, -0.15) is 0 Å². The lowest BCUT2D eigenvalue weighted by atomic mass is 10.1. The Bertz CT molecular complexity index is 715. The molecule has 2 rings (SSSR count). The number of ether oxygens (including phenoxy) is 1. The number of carbonyl (C=O) groups is 1. The van der Waals surface area contributed by atoms with Crippen molar-refractivity contribution < 1.29 is 19.6 Å². The van der Waals surface area contributed by atoms with E-state index in [-0.39, 0.29) is 17.0 Å². The zero-order valence-electron chi connectivity index (χ0n) is 11.8. The lowest BCUT2D eigenvalue weighted by Crippen LogP contribution is -2.03. The second-order valence-electron chi connectivity index (χ2n) is 4.50. The number of carboxylic acid groups (broad SMARTS) is 1. The molecule has 7 heteroatoms. The first-order chi connectivity index (χ1) is 10.5. The lowest BCUT2D eigenvalue weighted by Gasteiger charge is -2.08. The molecular weight excluding hydrogens is 288 g/mol. The molecule has 0 amide bonds. The van der Waals surface area contributed by atoms with Gasteiger partial charge in [-0.25, -0.2) is 4.79 Å². The topological polar surface area (TPSA) is 102 Å². The second-order valence-corrected chi connectivity index (χ2v) is 4.50. The summed E-state index contributed by atoms with van der Waals surface area (Å²) >= 11 is 0. The average Bonchev–Trinajstić information content (AvgIpc) is 2.52. The molecule has 22 heavy (non-hydrogen) atoms. The summed E-state index contributed by atoms with van der Waals surface area (Å²) in [7, 11) is 1.37. The van der Waals surface area contributed by atoms with E-state index in [0.29, 0.717) is 12.2 Å². The number of hydrogen-bond donors (Lipinski definition) is 2. The fourth-order valence-corrected chi connectivity index (χ4v) is 1.96. The van der Waals surface area contributed by atoms with Gasteiger partial charge in [-0.15, -0.1) is 0 Å². The number of anilines is 1. The molecule has 0 atom stereocenters. The Kier molecular flexibility index (Phi) is 4.57. The highest BCUT2D eigenvalue weighted by Gasteiger charge is 2.15. The van der Waals surface area contributed by atoms with Gasteiger partial charge in [0.2, 0.25) is 0 Å². The molecule has 2 aromatic rings. The van der Waals surface area contributed by atoms with E-state index >= 15 is 0 Å². The molecule has 114 valence electrons. The maximum absolute atomic E-state index is 11.0. The Labute approximate surface area is 126 Å². The van der Waals surface area contributed by atoms with E-state index in [0.717, 1.165) is 5.56 Å². The Morgan fingerprint density at radius 1 is 1.32 bits per heavy atom. The molecule has 2 N–H and O–H groups in total. The molecular formula is C15H14N2O5. The highest BCUT2D eigenvalue weighted by Crippen LogP contribution is 2.29. The van der Waals surface area contributed by atoms with Crippen LogP contribution in [0.4, 0.5) is 11.4 Å². The van der Waals surface area contributed by atoms with Crippen LogP contribution in [0.25, 0.3) is 0 Å². The number of methoxy groups -OCH3 is 1. The Hall–Kier alpha value is -3.09. The monoisotopic (exact) mass is 302 g/mol. The summed E-state index contributed by atoms with van der Waals surface area (Å²) in [6.07, 6.45) is 0. The molecule has 0 aliphatic heterocycles. The van der Waals surface area contributed by atoms with Gasteiger partial charge < -0.3 is 15.2 Å². The number of nitro benzene ring substituents is 1. The summed E-state index contributed by atoms with van der Waals surface area (Å²) in [6, 6.07) is 11.0. The van der Waals surface area contributed by atoms with Crippen LogP contribution in [0.5, 0.6) is 5.75 Å². The predicted octanol–water partition coefficient (Wildman–Crippen LogP) is 2.91. The van der Waals surface area contributed by atoms with Gasteiger partial charge >= 0.3 is 11.7 Å². The SMILES string of the molecule is COc1ccc(NCc2cccc(C(=O)O)c2)cc1[N+](=O)[O-]. The maximum Gasteiger partial charge on any atom is 0.335 e. The fourth-order valence-electron chi connectivity index (χ4n) is 1.96. The Balaban J connectivity index is 2.15. The first-order valence-electron chi connectivity index (χ1n) is 6.40. The number of nitrogens with zero attached hydrogens (tertiary/aromatic N) is 1. The first-order valence-corrected chi connectivity index (χ1v) is 6.40. The van der Waals surface area contributed by atoms with Gasteiger partial charge in [-0.3, -0.25) is 10.1 Å². The van der Waals surface area contributed by atoms with Crippen LogP contribution in [0.15, 0.2) is 42.5 Å². The van der Waals surface area contributed by atoms with E-state index in [1.54, 1.807) is 24.3 Å². The molecule has 0 aliphatic carbocycles. The maximum atomic E-state index is 11.0. The number of nitrogens with one attached hydrogen (secondary N) is 1. The van der Waals surface area contributed by atoms with Crippen LogP contribution in [0.1, 0.15) is 15.9 Å². The largest absolute Gasteiger partial charge is 0.490 e. The molecule has 0 aromatic heterocycles. The Morgan fingerprint density at radius 3 is 2.73 bits per heavy atom. The summed E-state index contributed by atoms with van der Waals surface area (Å²) in [5, 5.41) is 22.9. The average molecular weight is 302 g/mol. The van der Waals surface area contributed by atoms with Crippen LogP contribution in [0.3, 0.4) is 0 Å². The van der Waals surface area contributed by atoms with Crippen molar-refractivity contribution in [2.75, 3.05) is 12.4 Å². The molecule has 0 radical (unpaired) electrons. The number of nitro groups is 1. The minimum absolute atomic E-state index is 0.133. The quantitative estimate of drug-likeness (QED) is 0.628. The number of carboxylic acids is 1.